The predicted molar refractivity (Wildman–Crippen MR) is 186 cm³/mol. The van der Waals surface area contributed by atoms with Crippen LogP contribution in [0.4, 0.5) is 0 Å². The van der Waals surface area contributed by atoms with E-state index in [0.717, 1.165) is 64.2 Å². The van der Waals surface area contributed by atoms with Crippen molar-refractivity contribution in [3.63, 3.8) is 0 Å². The number of hydrogen-bond donors (Lipinski definition) is 6. The number of carbonyl (C=O) groups is 1. The third kappa shape index (κ3) is 21.1. The van der Waals surface area contributed by atoms with Crippen LogP contribution in [0.25, 0.3) is 0 Å². The number of aliphatic hydroxyl groups is 4. The molecule has 1 aliphatic rings. The maximum absolute atomic E-state index is 12.9. The van der Waals surface area contributed by atoms with Gasteiger partial charge in [0.25, 0.3) is 0 Å². The quantitative estimate of drug-likeness (QED) is 0.0324. The minimum absolute atomic E-state index is 0.245. The summed E-state index contributed by atoms with van der Waals surface area (Å²) in [6, 6.07) is -0.855. The molecule has 6 N–H and O–H groups in total. The Balaban J connectivity index is 2.64. The van der Waals surface area contributed by atoms with E-state index in [-0.39, 0.29) is 18.9 Å². The lowest BCUT2D eigenvalue weighted by molar-refractivity contribution is -0.298. The Kier molecular flexibility index (Phi) is 25.7. The fourth-order valence-corrected chi connectivity index (χ4v) is 6.36. The molecule has 1 amide bonds. The number of aliphatic hydroxyl groups excluding tert-OH is 4. The predicted octanol–water partition coefficient (Wildman–Crippen LogP) is 5.26. The molecule has 0 aromatic rings. The largest absolute Gasteiger partial charge is 0.397 e. The van der Waals surface area contributed by atoms with Gasteiger partial charge in [0.05, 0.1) is 25.4 Å². The average Bonchev–Trinajstić information content (AvgIpc) is 3.04. The van der Waals surface area contributed by atoms with Crippen molar-refractivity contribution in [3.8, 4) is 0 Å². The second-order valence-electron chi connectivity index (χ2n) is 13.2. The van der Waals surface area contributed by atoms with Gasteiger partial charge in [-0.2, -0.15) is 8.42 Å². The summed E-state index contributed by atoms with van der Waals surface area (Å²) in [7, 11) is -5.07. The average molecular weight is 710 g/mol. The summed E-state index contributed by atoms with van der Waals surface area (Å²) >= 11 is 0. The summed E-state index contributed by atoms with van der Waals surface area (Å²) in [4.78, 5) is 12.9. The number of hydrogen-bond acceptors (Lipinski definition) is 10. The topological polar surface area (TPSA) is 192 Å². The zero-order chi connectivity index (χ0) is 35.6. The van der Waals surface area contributed by atoms with Crippen molar-refractivity contribution in [2.45, 2.75) is 192 Å². The van der Waals surface area contributed by atoms with E-state index in [4.69, 9.17) is 14.0 Å². The molecule has 0 aromatic heterocycles. The maximum Gasteiger partial charge on any atom is 0.397 e. The van der Waals surface area contributed by atoms with E-state index in [2.05, 4.69) is 35.5 Å². The van der Waals surface area contributed by atoms with Crippen molar-refractivity contribution < 1.29 is 51.8 Å². The SMILES string of the molecule is CCCC/C=C\CCCCCCCC(=O)NC(COC1OC(CO)C(O)C(OS(=O)(=O)O)C1O)C(O)CCCCCCCCCCCC. The number of ether oxygens (including phenoxy) is 2. The van der Waals surface area contributed by atoms with E-state index >= 15 is 0 Å². The normalized spacial score (nSPS) is 23.0. The van der Waals surface area contributed by atoms with Crippen molar-refractivity contribution in [2.24, 2.45) is 0 Å². The van der Waals surface area contributed by atoms with Crippen molar-refractivity contribution >= 4 is 16.3 Å². The summed E-state index contributed by atoms with van der Waals surface area (Å²) in [5.74, 6) is -0.245. The minimum atomic E-state index is -5.07. The van der Waals surface area contributed by atoms with Gasteiger partial charge in [0, 0.05) is 6.42 Å². The van der Waals surface area contributed by atoms with Crippen LogP contribution in [0.15, 0.2) is 12.2 Å². The van der Waals surface area contributed by atoms with Gasteiger partial charge in [0.2, 0.25) is 5.91 Å². The van der Waals surface area contributed by atoms with Crippen LogP contribution in [0.1, 0.15) is 149 Å². The Bertz CT molecular complexity index is 935. The Morgan fingerprint density at radius 1 is 0.812 bits per heavy atom. The Morgan fingerprint density at radius 3 is 1.94 bits per heavy atom. The first-order valence-corrected chi connectivity index (χ1v) is 19.9. The molecule has 1 heterocycles. The highest BCUT2D eigenvalue weighted by atomic mass is 32.3. The van der Waals surface area contributed by atoms with Crippen molar-refractivity contribution in [1.29, 1.82) is 0 Å². The molecule has 0 bridgehead atoms. The van der Waals surface area contributed by atoms with E-state index in [1.54, 1.807) is 0 Å². The van der Waals surface area contributed by atoms with Gasteiger partial charge in [-0.1, -0.05) is 122 Å². The van der Waals surface area contributed by atoms with Gasteiger partial charge in [-0.15, -0.1) is 0 Å². The molecule has 1 saturated heterocycles. The second kappa shape index (κ2) is 27.5. The van der Waals surface area contributed by atoms with Crippen LogP contribution in [0.5, 0.6) is 0 Å². The monoisotopic (exact) mass is 709 g/mol. The first-order valence-electron chi connectivity index (χ1n) is 18.6. The van der Waals surface area contributed by atoms with E-state index < -0.39 is 59.9 Å². The highest BCUT2D eigenvalue weighted by Crippen LogP contribution is 2.26. The van der Waals surface area contributed by atoms with Crippen LogP contribution >= 0.6 is 0 Å². The van der Waals surface area contributed by atoms with Gasteiger partial charge < -0.3 is 35.2 Å². The van der Waals surface area contributed by atoms with Crippen LogP contribution < -0.4 is 5.32 Å². The van der Waals surface area contributed by atoms with Gasteiger partial charge >= 0.3 is 10.4 Å². The molecular weight excluding hydrogens is 642 g/mol. The third-order valence-corrected chi connectivity index (χ3v) is 9.29. The number of nitrogens with one attached hydrogen (secondary N) is 1. The first-order chi connectivity index (χ1) is 23.0. The number of carbonyl (C=O) groups excluding carboxylic acids is 1. The van der Waals surface area contributed by atoms with Gasteiger partial charge in [-0.05, 0) is 32.1 Å². The molecule has 13 heteroatoms. The summed E-state index contributed by atoms with van der Waals surface area (Å²) in [6.07, 6.45) is 16.6. The molecule has 1 fully saturated rings. The standard InChI is InChI=1S/C35H67NO11S/c1-3-5-7-9-11-13-15-17-19-21-23-25-31(39)36-28(29(38)24-22-20-18-16-14-12-10-8-6-4-2)27-45-35-33(41)34(47-48(42,43)44)32(40)30(26-37)46-35/h9,11,28-30,32-35,37-38,40-41H,3-8,10,12-27H2,1-2H3,(H,36,39)(H,42,43,44)/b11-9-. The molecule has 284 valence electrons. The molecule has 0 saturated carbocycles. The zero-order valence-corrected chi connectivity index (χ0v) is 30.4. The van der Waals surface area contributed by atoms with Gasteiger partial charge in [0.15, 0.2) is 6.29 Å². The molecule has 0 radical (unpaired) electrons. The molecule has 0 spiro atoms. The van der Waals surface area contributed by atoms with Crippen molar-refractivity contribution in [2.75, 3.05) is 13.2 Å². The van der Waals surface area contributed by atoms with Gasteiger partial charge in [-0.3, -0.25) is 9.35 Å². The van der Waals surface area contributed by atoms with E-state index in [9.17, 15) is 33.6 Å². The third-order valence-electron chi connectivity index (χ3n) is 8.82. The molecule has 7 unspecified atom stereocenters. The van der Waals surface area contributed by atoms with Crippen LogP contribution in [-0.4, -0.2) is 95.4 Å². The van der Waals surface area contributed by atoms with E-state index in [0.29, 0.717) is 12.8 Å². The second-order valence-corrected chi connectivity index (χ2v) is 14.2. The molecule has 1 aliphatic heterocycles. The number of unbranched alkanes of at least 4 members (excludes halogenated alkanes) is 16. The molecule has 1 rings (SSSR count). The van der Waals surface area contributed by atoms with Crippen molar-refractivity contribution in [3.05, 3.63) is 12.2 Å². The number of rotatable bonds is 30. The van der Waals surface area contributed by atoms with E-state index in [1.165, 1.54) is 51.4 Å². The Hall–Kier alpha value is -1.16. The first kappa shape index (κ1) is 44.9. The minimum Gasteiger partial charge on any atom is -0.394 e. The van der Waals surface area contributed by atoms with Gasteiger partial charge in [0.1, 0.15) is 24.4 Å². The van der Waals surface area contributed by atoms with Crippen LogP contribution in [0.2, 0.25) is 0 Å². The fraction of sp³-hybridized carbons (Fsp3) is 0.914. The van der Waals surface area contributed by atoms with Crippen LogP contribution in [0.3, 0.4) is 0 Å². The molecule has 48 heavy (non-hydrogen) atoms. The lowest BCUT2D eigenvalue weighted by Crippen LogP contribution is -2.61. The molecular formula is C35H67NO11S. The zero-order valence-electron chi connectivity index (χ0n) is 29.6. The lowest BCUT2D eigenvalue weighted by atomic mass is 9.99. The highest BCUT2D eigenvalue weighted by molar-refractivity contribution is 7.80. The summed E-state index contributed by atoms with van der Waals surface area (Å²) in [5, 5.41) is 44.4. The summed E-state index contributed by atoms with van der Waals surface area (Å²) in [5.41, 5.74) is 0. The lowest BCUT2D eigenvalue weighted by Gasteiger charge is -2.41. The Morgan fingerprint density at radius 2 is 1.35 bits per heavy atom. The molecule has 7 atom stereocenters. The number of allylic oxidation sites excluding steroid dienone is 2. The maximum atomic E-state index is 12.9. The smallest absolute Gasteiger partial charge is 0.394 e. The summed E-state index contributed by atoms with van der Waals surface area (Å²) < 4.78 is 47.3. The van der Waals surface area contributed by atoms with E-state index in [1.807, 2.05) is 0 Å². The molecule has 12 nitrogen and oxygen atoms in total. The highest BCUT2D eigenvalue weighted by Gasteiger charge is 2.48. The van der Waals surface area contributed by atoms with Crippen LogP contribution in [0, 0.1) is 0 Å². The Labute approximate surface area is 290 Å². The fourth-order valence-electron chi connectivity index (χ4n) is 5.85. The molecule has 0 aliphatic carbocycles. The summed E-state index contributed by atoms with van der Waals surface area (Å²) in [6.45, 7) is 3.34. The molecule has 0 aromatic carbocycles. The van der Waals surface area contributed by atoms with Gasteiger partial charge in [-0.25, -0.2) is 4.18 Å². The number of amides is 1. The van der Waals surface area contributed by atoms with Crippen molar-refractivity contribution in [1.82, 2.24) is 5.32 Å². The van der Waals surface area contributed by atoms with Crippen LogP contribution in [-0.2, 0) is 28.9 Å².